The Hall–Kier alpha value is -3.68. The standard InChI is InChI=1S/C21H20FN5O2/c1-11(2)10-29-19-6-4-13(22)8-14(19)18-9-17(24-21(28)25-18)12-3-5-16-15(7-12)20(23)27-26-16/h3-9,11H,10H2,1-2H3,(H3,23,26,27)(H,24,25,28). The third-order valence-electron chi connectivity index (χ3n) is 4.44. The summed E-state index contributed by atoms with van der Waals surface area (Å²) in [6.45, 7) is 4.51. The first-order valence-electron chi connectivity index (χ1n) is 9.19. The van der Waals surface area contributed by atoms with Crippen molar-refractivity contribution in [3.05, 3.63) is 58.8 Å². The van der Waals surface area contributed by atoms with E-state index in [4.69, 9.17) is 10.5 Å². The molecule has 0 atom stereocenters. The van der Waals surface area contributed by atoms with Crippen molar-refractivity contribution in [2.45, 2.75) is 13.8 Å². The molecule has 4 rings (SSSR count). The highest BCUT2D eigenvalue weighted by molar-refractivity contribution is 5.92. The fraction of sp³-hybridized carbons (Fsp3) is 0.190. The third kappa shape index (κ3) is 3.82. The number of aromatic amines is 2. The van der Waals surface area contributed by atoms with Gasteiger partial charge >= 0.3 is 5.69 Å². The number of nitrogens with two attached hydrogens (primary N) is 1. The van der Waals surface area contributed by atoms with Gasteiger partial charge in [-0.3, -0.25) is 5.10 Å². The Balaban J connectivity index is 1.82. The molecule has 2 aromatic heterocycles. The second-order valence-electron chi connectivity index (χ2n) is 7.20. The molecule has 148 valence electrons. The summed E-state index contributed by atoms with van der Waals surface area (Å²) in [6, 6.07) is 11.3. The monoisotopic (exact) mass is 393 g/mol. The molecule has 4 aromatic rings. The van der Waals surface area contributed by atoms with Crippen LogP contribution in [0.4, 0.5) is 10.2 Å². The van der Waals surface area contributed by atoms with Gasteiger partial charge in [0.1, 0.15) is 11.6 Å². The van der Waals surface area contributed by atoms with Crippen LogP contribution in [0.3, 0.4) is 0 Å². The van der Waals surface area contributed by atoms with E-state index in [0.29, 0.717) is 46.6 Å². The predicted molar refractivity (Wildman–Crippen MR) is 110 cm³/mol. The molecular formula is C21H20FN5O2. The minimum Gasteiger partial charge on any atom is -0.493 e. The number of H-pyrrole nitrogens is 2. The van der Waals surface area contributed by atoms with Crippen molar-refractivity contribution in [2.24, 2.45) is 5.92 Å². The number of anilines is 1. The lowest BCUT2D eigenvalue weighted by Gasteiger charge is -2.14. The van der Waals surface area contributed by atoms with Gasteiger partial charge in [0, 0.05) is 16.5 Å². The fourth-order valence-corrected chi connectivity index (χ4v) is 3.04. The Morgan fingerprint density at radius 2 is 2.00 bits per heavy atom. The summed E-state index contributed by atoms with van der Waals surface area (Å²) in [6.07, 6.45) is 0. The van der Waals surface area contributed by atoms with Crippen molar-refractivity contribution in [1.29, 1.82) is 0 Å². The zero-order valence-corrected chi connectivity index (χ0v) is 16.0. The van der Waals surface area contributed by atoms with Gasteiger partial charge in [0.05, 0.1) is 23.5 Å². The smallest absolute Gasteiger partial charge is 0.345 e. The molecule has 0 aliphatic carbocycles. The Kier molecular flexibility index (Phi) is 4.75. The summed E-state index contributed by atoms with van der Waals surface area (Å²) in [4.78, 5) is 19.0. The highest BCUT2D eigenvalue weighted by atomic mass is 19.1. The van der Waals surface area contributed by atoms with Crippen LogP contribution >= 0.6 is 0 Å². The van der Waals surface area contributed by atoms with E-state index in [1.807, 2.05) is 32.0 Å². The summed E-state index contributed by atoms with van der Waals surface area (Å²) in [7, 11) is 0. The maximum Gasteiger partial charge on any atom is 0.345 e. The summed E-state index contributed by atoms with van der Waals surface area (Å²) in [5, 5.41) is 7.54. The third-order valence-corrected chi connectivity index (χ3v) is 4.44. The first-order chi connectivity index (χ1) is 13.9. The van der Waals surface area contributed by atoms with Crippen LogP contribution in [0.2, 0.25) is 0 Å². The molecular weight excluding hydrogens is 373 g/mol. The van der Waals surface area contributed by atoms with Gasteiger partial charge < -0.3 is 15.5 Å². The van der Waals surface area contributed by atoms with Crippen molar-refractivity contribution >= 4 is 16.7 Å². The molecule has 0 aliphatic rings. The number of aromatic nitrogens is 4. The maximum absolute atomic E-state index is 14.0. The zero-order chi connectivity index (χ0) is 20.5. The van der Waals surface area contributed by atoms with E-state index in [0.717, 1.165) is 10.9 Å². The van der Waals surface area contributed by atoms with Crippen molar-refractivity contribution < 1.29 is 9.13 Å². The molecule has 0 saturated heterocycles. The normalized spacial score (nSPS) is 11.3. The van der Waals surface area contributed by atoms with E-state index >= 15 is 0 Å². The lowest BCUT2D eigenvalue weighted by atomic mass is 10.1. The van der Waals surface area contributed by atoms with Crippen LogP contribution in [0, 0.1) is 11.7 Å². The molecule has 0 amide bonds. The van der Waals surface area contributed by atoms with Crippen LogP contribution < -0.4 is 16.2 Å². The number of nitrogens with zero attached hydrogens (tertiary/aromatic N) is 2. The van der Waals surface area contributed by atoms with Crippen molar-refractivity contribution in [3.8, 4) is 28.3 Å². The van der Waals surface area contributed by atoms with Gasteiger partial charge in [-0.25, -0.2) is 9.18 Å². The average molecular weight is 393 g/mol. The van der Waals surface area contributed by atoms with Crippen LogP contribution in [0.15, 0.2) is 47.3 Å². The predicted octanol–water partition coefficient (Wildman–Crippen LogP) is 3.74. The molecule has 0 aliphatic heterocycles. The molecule has 0 radical (unpaired) electrons. The van der Waals surface area contributed by atoms with Gasteiger partial charge in [0.15, 0.2) is 5.82 Å². The van der Waals surface area contributed by atoms with Crippen molar-refractivity contribution in [2.75, 3.05) is 12.3 Å². The minimum atomic E-state index is -0.545. The minimum absolute atomic E-state index is 0.298. The number of hydrogen-bond acceptors (Lipinski definition) is 5. The van der Waals surface area contributed by atoms with E-state index in [9.17, 15) is 9.18 Å². The molecule has 0 saturated carbocycles. The van der Waals surface area contributed by atoms with Crippen LogP contribution in [0.5, 0.6) is 5.75 Å². The number of rotatable bonds is 5. The summed E-state index contributed by atoms with van der Waals surface area (Å²) >= 11 is 0. The number of nitrogens with one attached hydrogen (secondary N) is 2. The fourth-order valence-electron chi connectivity index (χ4n) is 3.04. The molecule has 2 heterocycles. The lowest BCUT2D eigenvalue weighted by Crippen LogP contribution is -2.13. The largest absolute Gasteiger partial charge is 0.493 e. The Labute approximate surface area is 165 Å². The van der Waals surface area contributed by atoms with E-state index in [2.05, 4.69) is 20.2 Å². The molecule has 4 N–H and O–H groups in total. The van der Waals surface area contributed by atoms with E-state index in [1.165, 1.54) is 12.1 Å². The molecule has 0 bridgehead atoms. The van der Waals surface area contributed by atoms with Gasteiger partial charge in [0.25, 0.3) is 0 Å². The quantitative estimate of drug-likeness (QED) is 0.478. The van der Waals surface area contributed by atoms with E-state index in [1.54, 1.807) is 12.1 Å². The van der Waals surface area contributed by atoms with Crippen molar-refractivity contribution in [3.63, 3.8) is 0 Å². The highest BCUT2D eigenvalue weighted by Gasteiger charge is 2.13. The van der Waals surface area contributed by atoms with Gasteiger partial charge in [-0.15, -0.1) is 0 Å². The number of benzene rings is 2. The molecule has 0 spiro atoms. The van der Waals surface area contributed by atoms with Gasteiger partial charge in [-0.05, 0) is 42.3 Å². The lowest BCUT2D eigenvalue weighted by molar-refractivity contribution is 0.271. The zero-order valence-electron chi connectivity index (χ0n) is 16.0. The second kappa shape index (κ2) is 7.38. The number of halogens is 1. The molecule has 8 heteroatoms. The maximum atomic E-state index is 14.0. The molecule has 2 aromatic carbocycles. The number of fused-ring (bicyclic) bond motifs is 1. The average Bonchev–Trinajstić information content (AvgIpc) is 3.06. The van der Waals surface area contributed by atoms with Gasteiger partial charge in [-0.1, -0.05) is 19.9 Å². The number of ether oxygens (including phenoxy) is 1. The molecule has 7 nitrogen and oxygen atoms in total. The summed E-state index contributed by atoms with van der Waals surface area (Å²) in [5.74, 6) is 0.722. The SMILES string of the molecule is CC(C)COc1ccc(F)cc1-c1cc(-c2ccc3[nH]nc(N)c3c2)nc(=O)[nH]1. The molecule has 0 fully saturated rings. The van der Waals surface area contributed by atoms with Crippen LogP contribution in [0.1, 0.15) is 13.8 Å². The Morgan fingerprint density at radius 3 is 2.79 bits per heavy atom. The highest BCUT2D eigenvalue weighted by Crippen LogP contribution is 2.32. The van der Waals surface area contributed by atoms with Crippen LogP contribution in [-0.2, 0) is 0 Å². The second-order valence-corrected chi connectivity index (χ2v) is 7.20. The van der Waals surface area contributed by atoms with Gasteiger partial charge in [0.2, 0.25) is 0 Å². The number of nitrogen functional groups attached to an aromatic ring is 1. The molecule has 29 heavy (non-hydrogen) atoms. The van der Waals surface area contributed by atoms with E-state index in [-0.39, 0.29) is 0 Å². The Morgan fingerprint density at radius 1 is 1.17 bits per heavy atom. The summed E-state index contributed by atoms with van der Waals surface area (Å²) < 4.78 is 19.8. The van der Waals surface area contributed by atoms with E-state index < -0.39 is 11.5 Å². The van der Waals surface area contributed by atoms with Crippen LogP contribution in [0.25, 0.3) is 33.4 Å². The van der Waals surface area contributed by atoms with Crippen molar-refractivity contribution in [1.82, 2.24) is 20.2 Å². The first kappa shape index (κ1) is 18.7. The summed E-state index contributed by atoms with van der Waals surface area (Å²) in [5.41, 5.74) is 8.12. The Bertz CT molecular complexity index is 1250. The first-order valence-corrected chi connectivity index (χ1v) is 9.19. The molecule has 0 unspecified atom stereocenters. The van der Waals surface area contributed by atoms with Gasteiger partial charge in [-0.2, -0.15) is 10.1 Å². The topological polar surface area (TPSA) is 110 Å². The number of hydrogen-bond donors (Lipinski definition) is 3. The van der Waals surface area contributed by atoms with Crippen LogP contribution in [-0.4, -0.2) is 26.8 Å².